The molecule has 1 amide bonds. The minimum atomic E-state index is -0.897. The second-order valence-corrected chi connectivity index (χ2v) is 9.97. The monoisotopic (exact) mass is 555 g/mol. The number of hydrazone groups is 1. The molecular weight excluding hydrogens is 502 g/mol. The van der Waals surface area contributed by atoms with Crippen molar-refractivity contribution in [3.8, 4) is 0 Å². The maximum atomic E-state index is 12.5. The Bertz CT molecular complexity index is 1010. The van der Waals surface area contributed by atoms with E-state index in [0.717, 1.165) is 36.7 Å². The second-order valence-electron chi connectivity index (χ2n) is 9.97. The van der Waals surface area contributed by atoms with E-state index in [2.05, 4.69) is 48.7 Å². The second kappa shape index (κ2) is 21.4. The smallest absolute Gasteiger partial charge is 0.224 e. The third-order valence-corrected chi connectivity index (χ3v) is 5.22. The van der Waals surface area contributed by atoms with E-state index in [1.807, 2.05) is 70.2 Å². The third kappa shape index (κ3) is 16.5. The third-order valence-electron chi connectivity index (χ3n) is 5.22. The summed E-state index contributed by atoms with van der Waals surface area (Å²) < 4.78 is 5.71. The van der Waals surface area contributed by atoms with Gasteiger partial charge in [0.05, 0.1) is 5.71 Å². The Morgan fingerprint density at radius 1 is 1.02 bits per heavy atom. The fraction of sp³-hybridized carbons (Fsp3) is 0.485. The molecule has 0 saturated carbocycles. The van der Waals surface area contributed by atoms with Crippen LogP contribution in [-0.2, 0) is 19.7 Å². The van der Waals surface area contributed by atoms with Crippen LogP contribution >= 0.6 is 0 Å². The molecule has 0 saturated heterocycles. The molecule has 1 aromatic rings. The number of hydrogen-bond donors (Lipinski definition) is 3. The van der Waals surface area contributed by atoms with Crippen molar-refractivity contribution in [2.75, 3.05) is 20.7 Å². The van der Waals surface area contributed by atoms with E-state index in [0.29, 0.717) is 12.3 Å². The lowest BCUT2D eigenvalue weighted by Gasteiger charge is -2.20. The zero-order valence-electron chi connectivity index (χ0n) is 26.6. The molecule has 7 nitrogen and oxygen atoms in total. The number of carbonyl (C=O) groups is 2. The molecule has 0 fully saturated rings. The molecule has 0 aliphatic carbocycles. The van der Waals surface area contributed by atoms with Gasteiger partial charge in [0.2, 0.25) is 5.91 Å². The summed E-state index contributed by atoms with van der Waals surface area (Å²) in [6.07, 6.45) is 13.1. The number of benzene rings is 1. The lowest BCUT2D eigenvalue weighted by Crippen LogP contribution is -2.25. The van der Waals surface area contributed by atoms with Gasteiger partial charge in [-0.3, -0.25) is 9.59 Å². The molecule has 0 aromatic heterocycles. The molecule has 0 radical (unpaired) electrons. The zero-order chi connectivity index (χ0) is 31.2. The fourth-order valence-electron chi connectivity index (χ4n) is 3.18. The van der Waals surface area contributed by atoms with Gasteiger partial charge in [-0.25, -0.2) is 0 Å². The van der Waals surface area contributed by atoms with Gasteiger partial charge in [-0.1, -0.05) is 84.0 Å². The van der Waals surface area contributed by atoms with Crippen molar-refractivity contribution in [3.63, 3.8) is 0 Å². The number of aliphatic hydroxyl groups is 1. The van der Waals surface area contributed by atoms with E-state index in [4.69, 9.17) is 9.84 Å². The van der Waals surface area contributed by atoms with Gasteiger partial charge in [-0.15, -0.1) is 0 Å². The number of amides is 1. The van der Waals surface area contributed by atoms with E-state index in [1.165, 1.54) is 5.56 Å². The average Bonchev–Trinajstić information content (AvgIpc) is 2.95. The quantitative estimate of drug-likeness (QED) is 0.0860. The van der Waals surface area contributed by atoms with Crippen molar-refractivity contribution in [1.29, 1.82) is 0 Å². The Morgan fingerprint density at radius 2 is 1.62 bits per heavy atom. The summed E-state index contributed by atoms with van der Waals surface area (Å²) in [5.74, 6) is 0.508. The first kappa shape index (κ1) is 38.7. The highest BCUT2D eigenvalue weighted by Gasteiger charge is 2.18. The Kier molecular flexibility index (Phi) is 20.7. The zero-order valence-corrected chi connectivity index (χ0v) is 26.6. The highest BCUT2D eigenvalue weighted by Crippen LogP contribution is 2.22. The highest BCUT2D eigenvalue weighted by atomic mass is 16.5. The fourth-order valence-corrected chi connectivity index (χ4v) is 3.18. The topological polar surface area (TPSA) is 100 Å². The number of ether oxygens (including phenoxy) is 1. The number of hydrogen-bond acceptors (Lipinski definition) is 6. The Balaban J connectivity index is 0. The number of aldehydes is 1. The van der Waals surface area contributed by atoms with E-state index >= 15 is 0 Å². The standard InChI is InChI=1S/C30H43N3O3.C2H6.CH4O/c1-9-12-23(15-20-26(10-2)36-30(6,7)22-34)21-32-28(35)14-11-13-27(33-31-8)24-16-18-25(19-17-24)29(3,4)5;2*1-2/h10-13,15-20,22,31H,9,14,21H2,1-8H3,(H,32,35);1-2H3;2H,1H3/b13-11+,20-15-,23-12+,26-10-,33-27+;;. The van der Waals surface area contributed by atoms with Crippen LogP contribution < -0.4 is 10.7 Å². The summed E-state index contributed by atoms with van der Waals surface area (Å²) in [6, 6.07) is 8.32. The normalized spacial score (nSPS) is 12.8. The van der Waals surface area contributed by atoms with Gasteiger partial charge >= 0.3 is 0 Å². The molecule has 1 rings (SSSR count). The van der Waals surface area contributed by atoms with Crippen molar-refractivity contribution in [3.05, 3.63) is 83.2 Å². The van der Waals surface area contributed by atoms with Gasteiger partial charge < -0.3 is 20.6 Å². The van der Waals surface area contributed by atoms with Gasteiger partial charge in [0.1, 0.15) is 5.76 Å². The number of aliphatic hydroxyl groups excluding tert-OH is 1. The van der Waals surface area contributed by atoms with Crippen LogP contribution in [0.2, 0.25) is 0 Å². The molecule has 0 aliphatic rings. The maximum Gasteiger partial charge on any atom is 0.224 e. The molecule has 7 heteroatoms. The summed E-state index contributed by atoms with van der Waals surface area (Å²) in [4.78, 5) is 23.6. The average molecular weight is 556 g/mol. The molecule has 3 N–H and O–H groups in total. The van der Waals surface area contributed by atoms with Gasteiger partial charge in [-0.05, 0) is 62.0 Å². The Hall–Kier alpha value is -3.45. The number of nitrogens with zero attached hydrogens (tertiary/aromatic N) is 1. The SMILES string of the molecule is C/C=C(/C=C\C(=C/CC)CNC(=O)C/C=C/C(=N\NC)c1ccc(C(C)(C)C)cc1)OC(C)(C)C=O.CC.CO. The van der Waals surface area contributed by atoms with Gasteiger partial charge in [0.25, 0.3) is 0 Å². The van der Waals surface area contributed by atoms with Gasteiger partial charge in [-0.2, -0.15) is 5.10 Å². The summed E-state index contributed by atoms with van der Waals surface area (Å²) in [6.45, 7) is 18.3. The molecule has 0 bridgehead atoms. The molecular formula is C33H53N3O4. The molecule has 224 valence electrons. The van der Waals surface area contributed by atoms with Crippen molar-refractivity contribution < 1.29 is 19.4 Å². The van der Waals surface area contributed by atoms with Crippen LogP contribution in [0.25, 0.3) is 0 Å². The first-order chi connectivity index (χ1) is 19.0. The molecule has 40 heavy (non-hydrogen) atoms. The lowest BCUT2D eigenvalue weighted by atomic mass is 9.86. The van der Waals surface area contributed by atoms with Crippen molar-refractivity contribution in [2.24, 2.45) is 5.10 Å². The summed E-state index contributed by atoms with van der Waals surface area (Å²) >= 11 is 0. The van der Waals surface area contributed by atoms with Crippen molar-refractivity contribution in [2.45, 2.75) is 86.2 Å². The minimum Gasteiger partial charge on any atom is -0.481 e. The van der Waals surface area contributed by atoms with Crippen LogP contribution in [0.5, 0.6) is 0 Å². The number of carbonyl (C=O) groups excluding carboxylic acids is 2. The first-order valence-corrected chi connectivity index (χ1v) is 13.9. The molecule has 0 atom stereocenters. The van der Waals surface area contributed by atoms with E-state index in [-0.39, 0.29) is 17.7 Å². The van der Waals surface area contributed by atoms with Crippen LogP contribution in [0.3, 0.4) is 0 Å². The van der Waals surface area contributed by atoms with Crippen LogP contribution in [0.4, 0.5) is 0 Å². The number of allylic oxidation sites excluding steroid dienone is 4. The maximum absolute atomic E-state index is 12.5. The predicted octanol–water partition coefficient (Wildman–Crippen LogP) is 6.40. The van der Waals surface area contributed by atoms with Crippen molar-refractivity contribution in [1.82, 2.24) is 10.7 Å². The van der Waals surface area contributed by atoms with Gasteiger partial charge in [0, 0.05) is 32.7 Å². The first-order valence-electron chi connectivity index (χ1n) is 13.9. The minimum absolute atomic E-state index is 0.0839. The van der Waals surface area contributed by atoms with Crippen molar-refractivity contribution >= 4 is 17.9 Å². The highest BCUT2D eigenvalue weighted by molar-refractivity contribution is 6.08. The summed E-state index contributed by atoms with van der Waals surface area (Å²) in [7, 11) is 2.75. The molecule has 0 aliphatic heterocycles. The Morgan fingerprint density at radius 3 is 2.10 bits per heavy atom. The predicted molar refractivity (Wildman–Crippen MR) is 169 cm³/mol. The number of rotatable bonds is 13. The Labute approximate surface area is 243 Å². The van der Waals surface area contributed by atoms with E-state index in [9.17, 15) is 9.59 Å². The van der Waals surface area contributed by atoms with Crippen LogP contribution in [0.1, 0.15) is 86.3 Å². The molecule has 1 aromatic carbocycles. The van der Waals surface area contributed by atoms with E-state index in [1.54, 1.807) is 27.0 Å². The van der Waals surface area contributed by atoms with Crippen LogP contribution in [-0.4, -0.2) is 49.3 Å². The molecule has 0 spiro atoms. The molecule has 0 unspecified atom stereocenters. The van der Waals surface area contributed by atoms with Gasteiger partial charge in [0.15, 0.2) is 11.9 Å². The van der Waals surface area contributed by atoms with Crippen LogP contribution in [0, 0.1) is 0 Å². The largest absolute Gasteiger partial charge is 0.481 e. The van der Waals surface area contributed by atoms with E-state index < -0.39 is 5.60 Å². The molecule has 0 heterocycles. The summed E-state index contributed by atoms with van der Waals surface area (Å²) in [5, 5.41) is 14.3. The van der Waals surface area contributed by atoms with Crippen LogP contribution in [0.15, 0.2) is 77.2 Å². The lowest BCUT2D eigenvalue weighted by molar-refractivity contribution is -0.122. The summed E-state index contributed by atoms with van der Waals surface area (Å²) in [5.41, 5.74) is 5.97. The number of nitrogens with one attached hydrogen (secondary N) is 2.